The van der Waals surface area contributed by atoms with Gasteiger partial charge < -0.3 is 20.1 Å². The molecule has 112 valence electrons. The van der Waals surface area contributed by atoms with Gasteiger partial charge >= 0.3 is 6.03 Å². The number of hydrogen-bond acceptors (Lipinski definition) is 3. The third kappa shape index (κ3) is 5.36. The number of likely N-dealkylation sites (N-methyl/N-ethyl adjacent to an activating group) is 1. The van der Waals surface area contributed by atoms with Crippen molar-refractivity contribution in [2.24, 2.45) is 0 Å². The first-order valence-electron chi connectivity index (χ1n) is 6.45. The lowest BCUT2D eigenvalue weighted by Crippen LogP contribution is -2.40. The van der Waals surface area contributed by atoms with Crippen LogP contribution in [0.5, 0.6) is 0 Å². The second-order valence-corrected chi connectivity index (χ2v) is 4.92. The molecule has 0 aliphatic rings. The monoisotopic (exact) mass is 300 g/mol. The van der Waals surface area contributed by atoms with E-state index in [-0.39, 0.29) is 18.7 Å². The molecular weight excluding hydrogens is 280 g/mol. The summed E-state index contributed by atoms with van der Waals surface area (Å²) >= 11 is 5.87. The molecular formula is C14H21ClN2O3. The molecule has 0 saturated heterocycles. The van der Waals surface area contributed by atoms with Crippen LogP contribution in [0, 0.1) is 0 Å². The van der Waals surface area contributed by atoms with E-state index in [1.54, 1.807) is 26.3 Å². The highest BCUT2D eigenvalue weighted by atomic mass is 35.5. The zero-order valence-corrected chi connectivity index (χ0v) is 12.6. The normalized spacial score (nSPS) is 12.0. The molecule has 2 N–H and O–H groups in total. The number of methoxy groups -OCH3 is 1. The lowest BCUT2D eigenvalue weighted by molar-refractivity contribution is 0.170. The molecule has 0 saturated carbocycles. The van der Waals surface area contributed by atoms with E-state index in [0.717, 1.165) is 5.56 Å². The van der Waals surface area contributed by atoms with Crippen LogP contribution in [0.3, 0.4) is 0 Å². The van der Waals surface area contributed by atoms with E-state index in [9.17, 15) is 4.79 Å². The van der Waals surface area contributed by atoms with E-state index < -0.39 is 0 Å². The summed E-state index contributed by atoms with van der Waals surface area (Å²) in [6.07, 6.45) is 0.664. The molecule has 5 nitrogen and oxygen atoms in total. The minimum Gasteiger partial charge on any atom is -0.395 e. The first-order chi connectivity index (χ1) is 9.58. The van der Waals surface area contributed by atoms with Crippen LogP contribution in [0.4, 0.5) is 4.79 Å². The van der Waals surface area contributed by atoms with E-state index in [2.05, 4.69) is 5.32 Å². The maximum atomic E-state index is 12.0. The fourth-order valence-electron chi connectivity index (χ4n) is 1.76. The van der Waals surface area contributed by atoms with E-state index in [4.69, 9.17) is 21.4 Å². The number of urea groups is 1. The zero-order valence-electron chi connectivity index (χ0n) is 11.8. The van der Waals surface area contributed by atoms with Gasteiger partial charge in [0.15, 0.2) is 0 Å². The lowest BCUT2D eigenvalue weighted by atomic mass is 10.0. The lowest BCUT2D eigenvalue weighted by Gasteiger charge is -2.23. The van der Waals surface area contributed by atoms with Crippen LogP contribution in [0.1, 0.15) is 18.0 Å². The number of nitrogens with zero attached hydrogens (tertiary/aromatic N) is 1. The third-order valence-electron chi connectivity index (χ3n) is 2.96. The Bertz CT molecular complexity index is 411. The van der Waals surface area contributed by atoms with Crippen LogP contribution in [-0.4, -0.2) is 50.0 Å². The Morgan fingerprint density at radius 3 is 2.65 bits per heavy atom. The van der Waals surface area contributed by atoms with Crippen LogP contribution in [0.25, 0.3) is 0 Å². The van der Waals surface area contributed by atoms with Gasteiger partial charge in [-0.1, -0.05) is 23.7 Å². The number of carbonyl (C=O) groups is 1. The van der Waals surface area contributed by atoms with Gasteiger partial charge in [-0.15, -0.1) is 0 Å². The maximum Gasteiger partial charge on any atom is 0.317 e. The largest absolute Gasteiger partial charge is 0.395 e. The van der Waals surface area contributed by atoms with E-state index >= 15 is 0 Å². The summed E-state index contributed by atoms with van der Waals surface area (Å²) in [5, 5.41) is 12.4. The zero-order chi connectivity index (χ0) is 15.0. The van der Waals surface area contributed by atoms with Crippen LogP contribution in [0.15, 0.2) is 24.3 Å². The number of aliphatic hydroxyl groups excluding tert-OH is 1. The minimum atomic E-state index is -0.227. The molecule has 0 aromatic heterocycles. The predicted molar refractivity (Wildman–Crippen MR) is 78.9 cm³/mol. The number of amides is 2. The van der Waals surface area contributed by atoms with Crippen molar-refractivity contribution in [1.29, 1.82) is 0 Å². The summed E-state index contributed by atoms with van der Waals surface area (Å²) in [5.74, 6) is 0. The van der Waals surface area contributed by atoms with Crippen molar-refractivity contribution in [1.82, 2.24) is 10.2 Å². The van der Waals surface area contributed by atoms with E-state index in [1.165, 1.54) is 4.90 Å². The Morgan fingerprint density at radius 1 is 1.45 bits per heavy atom. The van der Waals surface area contributed by atoms with Crippen LogP contribution in [-0.2, 0) is 4.74 Å². The van der Waals surface area contributed by atoms with Crippen LogP contribution >= 0.6 is 11.6 Å². The van der Waals surface area contributed by atoms with Gasteiger partial charge in [0.05, 0.1) is 12.6 Å². The van der Waals surface area contributed by atoms with Crippen molar-refractivity contribution in [2.75, 3.05) is 33.9 Å². The first kappa shape index (κ1) is 16.8. The van der Waals surface area contributed by atoms with E-state index in [1.807, 2.05) is 12.1 Å². The van der Waals surface area contributed by atoms with Crippen molar-refractivity contribution in [2.45, 2.75) is 12.5 Å². The first-order valence-corrected chi connectivity index (χ1v) is 6.83. The number of aliphatic hydroxyl groups is 1. The maximum absolute atomic E-state index is 12.0. The Hall–Kier alpha value is -1.30. The van der Waals surface area contributed by atoms with Crippen molar-refractivity contribution in [3.63, 3.8) is 0 Å². The Balaban J connectivity index is 2.73. The highest BCUT2D eigenvalue weighted by Gasteiger charge is 2.16. The minimum absolute atomic E-state index is 0.0619. The molecule has 0 spiro atoms. The Kier molecular flexibility index (Phi) is 7.36. The summed E-state index contributed by atoms with van der Waals surface area (Å²) < 4.78 is 5.08. The second-order valence-electron chi connectivity index (χ2n) is 4.48. The molecule has 1 atom stereocenters. The van der Waals surface area contributed by atoms with Crippen LogP contribution < -0.4 is 5.32 Å². The Labute approximate surface area is 124 Å². The molecule has 2 amide bonds. The second kappa shape index (κ2) is 8.79. The molecule has 20 heavy (non-hydrogen) atoms. The molecule has 6 heteroatoms. The fourth-order valence-corrected chi connectivity index (χ4v) is 1.89. The molecule has 0 aliphatic carbocycles. The molecule has 1 aromatic rings. The number of hydrogen-bond donors (Lipinski definition) is 2. The highest BCUT2D eigenvalue weighted by molar-refractivity contribution is 6.30. The van der Waals surface area contributed by atoms with Gasteiger partial charge in [-0.2, -0.15) is 0 Å². The van der Waals surface area contributed by atoms with Gasteiger partial charge in [-0.25, -0.2) is 4.79 Å². The van der Waals surface area contributed by atoms with Crippen molar-refractivity contribution in [3.8, 4) is 0 Å². The third-order valence-corrected chi connectivity index (χ3v) is 3.21. The average molecular weight is 301 g/mol. The summed E-state index contributed by atoms with van der Waals surface area (Å²) in [6.45, 7) is 0.772. The van der Waals surface area contributed by atoms with Gasteiger partial charge in [0.25, 0.3) is 0 Å². The van der Waals surface area contributed by atoms with Gasteiger partial charge in [0, 0.05) is 32.3 Å². The van der Waals surface area contributed by atoms with Gasteiger partial charge in [-0.3, -0.25) is 0 Å². The molecule has 0 bridgehead atoms. The molecule has 0 radical (unpaired) electrons. The molecule has 1 aromatic carbocycles. The van der Waals surface area contributed by atoms with Gasteiger partial charge in [0.2, 0.25) is 0 Å². The smallest absolute Gasteiger partial charge is 0.317 e. The molecule has 0 fully saturated rings. The standard InChI is InChI=1S/C14H21ClN2O3/c1-17(8-9-18)14(19)16-13(7-10-20-2)11-3-5-12(15)6-4-11/h3-6,13,18H,7-10H2,1-2H3,(H,16,19). The van der Waals surface area contributed by atoms with E-state index in [0.29, 0.717) is 24.6 Å². The Morgan fingerprint density at radius 2 is 2.10 bits per heavy atom. The SMILES string of the molecule is COCCC(NC(=O)N(C)CCO)c1ccc(Cl)cc1. The summed E-state index contributed by atoms with van der Waals surface area (Å²) in [7, 11) is 3.26. The molecule has 1 rings (SSSR count). The molecule has 0 heterocycles. The van der Waals surface area contributed by atoms with Gasteiger partial charge in [-0.05, 0) is 24.1 Å². The quantitative estimate of drug-likeness (QED) is 0.810. The fraction of sp³-hybridized carbons (Fsp3) is 0.500. The number of halogens is 1. The highest BCUT2D eigenvalue weighted by Crippen LogP contribution is 2.19. The molecule has 1 unspecified atom stereocenters. The topological polar surface area (TPSA) is 61.8 Å². The summed E-state index contributed by atoms with van der Waals surface area (Å²) in [4.78, 5) is 13.4. The summed E-state index contributed by atoms with van der Waals surface area (Å²) in [6, 6.07) is 6.97. The average Bonchev–Trinajstić information content (AvgIpc) is 2.44. The number of benzene rings is 1. The van der Waals surface area contributed by atoms with Crippen LogP contribution in [0.2, 0.25) is 5.02 Å². The van der Waals surface area contributed by atoms with Crippen molar-refractivity contribution >= 4 is 17.6 Å². The number of carbonyl (C=O) groups excluding carboxylic acids is 1. The molecule has 0 aliphatic heterocycles. The van der Waals surface area contributed by atoms with Crippen molar-refractivity contribution in [3.05, 3.63) is 34.9 Å². The van der Waals surface area contributed by atoms with Gasteiger partial charge in [0.1, 0.15) is 0 Å². The number of nitrogens with one attached hydrogen (secondary N) is 1. The number of rotatable bonds is 7. The van der Waals surface area contributed by atoms with Crippen molar-refractivity contribution < 1.29 is 14.6 Å². The summed E-state index contributed by atoms with van der Waals surface area (Å²) in [5.41, 5.74) is 0.970. The number of ether oxygens (including phenoxy) is 1. The predicted octanol–water partition coefficient (Wildman–Crippen LogP) is 2.05.